The van der Waals surface area contributed by atoms with Gasteiger partial charge < -0.3 is 27.4 Å². The van der Waals surface area contributed by atoms with Gasteiger partial charge in [-0.1, -0.05) is 0 Å². The Hall–Kier alpha value is 0.839. The Bertz CT molecular complexity index is 95.7. The zero-order chi connectivity index (χ0) is 4.50. The molecule has 0 saturated carbocycles. The molecular formula is H2O9SV2-10. The first-order valence-corrected chi connectivity index (χ1v) is 2.10. The predicted octanol–water partition coefficient (Wildman–Crippen LogP) is -1.25. The van der Waals surface area contributed by atoms with Crippen molar-refractivity contribution in [3.63, 3.8) is 0 Å². The molecule has 0 saturated heterocycles. The van der Waals surface area contributed by atoms with Crippen molar-refractivity contribution in [2.24, 2.45) is 0 Å². The molecule has 0 aliphatic heterocycles. The van der Waals surface area contributed by atoms with Crippen LogP contribution >= 0.6 is 0 Å². The summed E-state index contributed by atoms with van der Waals surface area (Å²) in [6.45, 7) is 0. The predicted molar refractivity (Wildman–Crippen MR) is 17.6 cm³/mol. The zero-order valence-electron chi connectivity index (χ0n) is 5.05. The molecule has 0 aromatic heterocycles. The van der Waals surface area contributed by atoms with E-state index in [1.54, 1.807) is 0 Å². The Morgan fingerprint density at radius 2 is 0.667 bits per heavy atom. The van der Waals surface area contributed by atoms with E-state index in [1.165, 1.54) is 0 Å². The van der Waals surface area contributed by atoms with Gasteiger partial charge in [-0.2, -0.15) is 8.42 Å². The van der Waals surface area contributed by atoms with E-state index < -0.39 is 10.4 Å². The van der Waals surface area contributed by atoms with E-state index in [1.807, 2.05) is 0 Å². The summed E-state index contributed by atoms with van der Waals surface area (Å²) in [5, 5.41) is 0. The van der Waals surface area contributed by atoms with Gasteiger partial charge in [0.25, 0.3) is 0 Å². The van der Waals surface area contributed by atoms with Gasteiger partial charge in [-0.3, -0.25) is 9.11 Å². The van der Waals surface area contributed by atoms with E-state index >= 15 is 0 Å². The van der Waals surface area contributed by atoms with Crippen molar-refractivity contribution in [1.29, 1.82) is 0 Å². The van der Waals surface area contributed by atoms with Crippen LogP contribution in [0.1, 0.15) is 0 Å². The zero-order valence-corrected chi connectivity index (χ0v) is 8.66. The summed E-state index contributed by atoms with van der Waals surface area (Å²) in [5.41, 5.74) is 0. The summed E-state index contributed by atoms with van der Waals surface area (Å²) in [7, 11) is -4.67. The third kappa shape index (κ3) is 1490. The van der Waals surface area contributed by atoms with Gasteiger partial charge in [0, 0.05) is 37.1 Å². The first-order chi connectivity index (χ1) is 2.00. The van der Waals surface area contributed by atoms with Gasteiger partial charge in [0.15, 0.2) is 0 Å². The Morgan fingerprint density at radius 3 is 0.667 bits per heavy atom. The molecule has 0 rings (SSSR count). The van der Waals surface area contributed by atoms with Crippen LogP contribution in [-0.4, -0.2) is 17.5 Å². The third-order valence-electron chi connectivity index (χ3n) is 0. The molecule has 0 atom stereocenters. The van der Waals surface area contributed by atoms with E-state index in [2.05, 4.69) is 0 Å². The maximum atomic E-state index is 8.74. The van der Waals surface area contributed by atoms with Crippen LogP contribution in [0.15, 0.2) is 0 Å². The maximum absolute atomic E-state index is 8.74. The minimum Gasteiger partial charge on any atom is -2.00 e. The van der Waals surface area contributed by atoms with Crippen molar-refractivity contribution in [3.8, 4) is 0 Å². The summed E-state index contributed by atoms with van der Waals surface area (Å²) >= 11 is 0. The molecule has 0 aliphatic rings. The van der Waals surface area contributed by atoms with Crippen molar-refractivity contribution in [3.05, 3.63) is 0 Å². The summed E-state index contributed by atoms with van der Waals surface area (Å²) in [5.74, 6) is 0. The van der Waals surface area contributed by atoms with Gasteiger partial charge >= 0.3 is 10.4 Å². The van der Waals surface area contributed by atoms with E-state index in [0.717, 1.165) is 0 Å². The molecule has 0 aliphatic carbocycles. The Morgan fingerprint density at radius 1 is 0.667 bits per heavy atom. The first-order valence-electron chi connectivity index (χ1n) is 0.698. The molecule has 2 N–H and O–H groups in total. The average Bonchev–Trinajstić information content (AvgIpc) is 0.722. The Kier molecular flexibility index (Phi) is 190. The van der Waals surface area contributed by atoms with Crippen molar-refractivity contribution in [2.75, 3.05) is 0 Å². The fraction of sp³-hybridized carbons (Fsp3) is 0. The van der Waals surface area contributed by atoms with E-state index in [4.69, 9.17) is 17.5 Å². The van der Waals surface area contributed by atoms with Crippen LogP contribution in [0.2, 0.25) is 0 Å². The number of hydrogen-bond acceptors (Lipinski definition) is 2. The fourth-order valence-electron chi connectivity index (χ4n) is 0. The monoisotopic (exact) mass is 280 g/mol. The molecule has 0 aromatic carbocycles. The first kappa shape index (κ1) is 76.9. The molecule has 0 spiro atoms. The van der Waals surface area contributed by atoms with Crippen LogP contribution in [0.3, 0.4) is 0 Å². The average molecular weight is 280 g/mol. The van der Waals surface area contributed by atoms with Gasteiger partial charge in [-0.05, 0) is 0 Å². The van der Waals surface area contributed by atoms with E-state index in [0.29, 0.717) is 0 Å². The van der Waals surface area contributed by atoms with Crippen molar-refractivity contribution < 1.29 is 82.0 Å². The normalized spacial score (nSPS) is 4.83. The molecule has 9 nitrogen and oxygen atoms in total. The van der Waals surface area contributed by atoms with Gasteiger partial charge in [0.2, 0.25) is 0 Å². The molecule has 0 heterocycles. The van der Waals surface area contributed by atoms with Crippen LogP contribution in [0.5, 0.6) is 0 Å². The van der Waals surface area contributed by atoms with Crippen LogP contribution in [-0.2, 0) is 74.9 Å². The summed E-state index contributed by atoms with van der Waals surface area (Å²) in [6, 6.07) is 0. The largest absolute Gasteiger partial charge is 2.00 e. The smallest absolute Gasteiger partial charge is 0.394 e. The number of rotatable bonds is 0. The second-order valence-electron chi connectivity index (χ2n) is 0.448. The summed E-state index contributed by atoms with van der Waals surface area (Å²) in [4.78, 5) is 0. The Labute approximate surface area is 92.4 Å². The van der Waals surface area contributed by atoms with E-state index in [-0.39, 0.29) is 64.5 Å². The van der Waals surface area contributed by atoms with Crippen molar-refractivity contribution in [1.82, 2.24) is 0 Å². The van der Waals surface area contributed by atoms with Crippen molar-refractivity contribution >= 4 is 10.4 Å². The third-order valence-corrected chi connectivity index (χ3v) is 0. The van der Waals surface area contributed by atoms with Crippen LogP contribution in [0.4, 0.5) is 0 Å². The number of hydrogen-bond donors (Lipinski definition) is 2. The molecule has 82 valence electrons. The van der Waals surface area contributed by atoms with Crippen LogP contribution in [0.25, 0.3) is 0 Å². The second kappa shape index (κ2) is 29.7. The SMILES string of the molecule is O=S(=O)(O)O.[O-2].[O-2].[O-2].[O-2].[O-2].[V].[V]. The standard InChI is InChI=1S/H2O4S.5O.2V/c1-5(2,3)4;;;;;;;/h(H2,1,2,3,4);;;;;;;/q;5*-2;;. The van der Waals surface area contributed by atoms with Gasteiger partial charge in [-0.25, -0.2) is 0 Å². The summed E-state index contributed by atoms with van der Waals surface area (Å²) in [6.07, 6.45) is 0. The second-order valence-corrected chi connectivity index (χ2v) is 1.34. The molecule has 0 fully saturated rings. The molecule has 2 radical (unpaired) electrons. The quantitative estimate of drug-likeness (QED) is 0.519. The molecule has 0 unspecified atom stereocenters. The molecule has 12 heteroatoms. The molecular weight excluding hydrogens is 278 g/mol. The minimum absolute atomic E-state index is 0. The van der Waals surface area contributed by atoms with Crippen LogP contribution < -0.4 is 0 Å². The maximum Gasteiger partial charge on any atom is 0.394 e. The topological polar surface area (TPSA) is 217 Å². The van der Waals surface area contributed by atoms with Gasteiger partial charge in [0.05, 0.1) is 0 Å². The van der Waals surface area contributed by atoms with E-state index in [9.17, 15) is 0 Å². The Balaban J connectivity index is -0.00000000381. The molecule has 0 aromatic rings. The fourth-order valence-corrected chi connectivity index (χ4v) is 0. The minimum atomic E-state index is -4.67. The van der Waals surface area contributed by atoms with Crippen LogP contribution in [0, 0.1) is 0 Å². The van der Waals surface area contributed by atoms with Gasteiger partial charge in [0.1, 0.15) is 0 Å². The molecule has 0 bridgehead atoms. The molecule has 12 heavy (non-hydrogen) atoms. The van der Waals surface area contributed by atoms with Crippen molar-refractivity contribution in [2.45, 2.75) is 0 Å². The van der Waals surface area contributed by atoms with Gasteiger partial charge in [-0.15, -0.1) is 0 Å². The summed E-state index contributed by atoms with van der Waals surface area (Å²) < 4.78 is 31.6. The molecule has 0 amide bonds.